The maximum atomic E-state index is 14.5. The summed E-state index contributed by atoms with van der Waals surface area (Å²) in [7, 11) is 3.75. The molecule has 3 aliphatic heterocycles. The molecule has 308 valence electrons. The van der Waals surface area contributed by atoms with Crippen molar-refractivity contribution in [3.63, 3.8) is 0 Å². The molecule has 5 rings (SSSR count). The van der Waals surface area contributed by atoms with Gasteiger partial charge in [-0.2, -0.15) is 0 Å². The molecule has 0 aliphatic carbocycles. The Kier molecular flexibility index (Phi) is 13.8. The van der Waals surface area contributed by atoms with E-state index in [1.165, 1.54) is 6.92 Å². The first kappa shape index (κ1) is 43.4. The molecule has 3 aliphatic rings. The van der Waals surface area contributed by atoms with Crippen LogP contribution in [0.25, 0.3) is 17.0 Å². The minimum Gasteiger partial charge on any atom is -0.457 e. The van der Waals surface area contributed by atoms with Crippen molar-refractivity contribution in [2.75, 3.05) is 20.7 Å². The van der Waals surface area contributed by atoms with Crippen molar-refractivity contribution in [2.24, 2.45) is 23.7 Å². The van der Waals surface area contributed by atoms with E-state index >= 15 is 0 Å². The van der Waals surface area contributed by atoms with Crippen LogP contribution in [0.1, 0.15) is 86.6 Å². The number of carbonyl (C=O) groups excluding carboxylic acids is 4. The lowest BCUT2D eigenvalue weighted by Gasteiger charge is -2.47. The number of carbonyl (C=O) groups is 4. The number of nitrogens with one attached hydrogen (secondary N) is 1. The number of esters is 1. The van der Waals surface area contributed by atoms with Gasteiger partial charge in [-0.3, -0.25) is 19.4 Å². The monoisotopic (exact) mass is 779 g/mol. The van der Waals surface area contributed by atoms with E-state index in [0.29, 0.717) is 19.3 Å². The number of pyridine rings is 1. The third-order valence-corrected chi connectivity index (χ3v) is 12.1. The van der Waals surface area contributed by atoms with Gasteiger partial charge in [0.05, 0.1) is 36.0 Å². The average molecular weight is 780 g/mol. The number of cyclic esters (lactones) is 1. The van der Waals surface area contributed by atoms with E-state index in [4.69, 9.17) is 23.7 Å². The maximum Gasteiger partial charge on any atom is 0.408 e. The molecule has 4 heterocycles. The molecule has 0 spiro atoms. The number of ether oxygens (including phenoxy) is 5. The number of hydrogen-bond acceptors (Lipinski definition) is 12. The molecule has 1 aromatic carbocycles. The van der Waals surface area contributed by atoms with Crippen molar-refractivity contribution in [3.05, 3.63) is 48.2 Å². The van der Waals surface area contributed by atoms with Gasteiger partial charge in [-0.15, -0.1) is 0 Å². The Hall–Kier alpha value is -3.75. The van der Waals surface area contributed by atoms with Gasteiger partial charge in [0, 0.05) is 35.4 Å². The van der Waals surface area contributed by atoms with E-state index in [9.17, 15) is 24.3 Å². The van der Waals surface area contributed by atoms with Crippen LogP contribution in [-0.4, -0.2) is 113 Å². The number of benzene rings is 1. The van der Waals surface area contributed by atoms with Gasteiger partial charge < -0.3 is 39.0 Å². The standard InChI is InChI=1S/C43H61N3O10/c1-11-15-33-43(8)37(45-41(51)56-43)26(4)34(47)24(2)23-42(7,52-21-14-17-29-16-12-19-31-30(29)18-13-20-44-31)38(27(5)35(48)28(6)39(50)54-33)55-40-36(49)32(46(9)10)22-25(3)53-40/h12-14,16-20,24-28,32-33,36-38,40,49H,11,15,21-23H2,1-10H3,(H,45,51)/b17-14+/t24-,25-,26+,27+,28-,32+,33-,36-,37+,38-,40+,42-,43-/m1/s1. The van der Waals surface area contributed by atoms with Crippen molar-refractivity contribution in [2.45, 2.75) is 135 Å². The van der Waals surface area contributed by atoms with Crippen LogP contribution in [0.3, 0.4) is 0 Å². The van der Waals surface area contributed by atoms with Crippen molar-refractivity contribution in [3.8, 4) is 0 Å². The van der Waals surface area contributed by atoms with Crippen LogP contribution in [0.2, 0.25) is 0 Å². The van der Waals surface area contributed by atoms with Gasteiger partial charge >= 0.3 is 12.1 Å². The topological polar surface area (TPSA) is 163 Å². The Bertz CT molecular complexity index is 1760. The van der Waals surface area contributed by atoms with Crippen LogP contribution in [0, 0.1) is 23.7 Å². The first-order valence-electron chi connectivity index (χ1n) is 20.0. The number of hydrogen-bond donors (Lipinski definition) is 2. The minimum atomic E-state index is -1.38. The number of aromatic nitrogens is 1. The number of aliphatic hydroxyl groups excluding tert-OH is 1. The molecule has 0 unspecified atom stereocenters. The predicted octanol–water partition coefficient (Wildman–Crippen LogP) is 5.50. The molecule has 1 aromatic heterocycles. The van der Waals surface area contributed by atoms with Gasteiger partial charge in [0.1, 0.15) is 23.9 Å². The van der Waals surface area contributed by atoms with Crippen molar-refractivity contribution < 1.29 is 48.0 Å². The summed E-state index contributed by atoms with van der Waals surface area (Å²) >= 11 is 0. The van der Waals surface area contributed by atoms with Crippen molar-refractivity contribution >= 4 is 40.6 Å². The summed E-state index contributed by atoms with van der Waals surface area (Å²) < 4.78 is 31.6. The molecular formula is C43H61N3O10. The highest BCUT2D eigenvalue weighted by atomic mass is 16.7. The van der Waals surface area contributed by atoms with Gasteiger partial charge in [0.15, 0.2) is 17.7 Å². The lowest BCUT2D eigenvalue weighted by atomic mass is 9.73. The average Bonchev–Trinajstić information content (AvgIpc) is 3.48. The molecule has 1 amide bonds. The third kappa shape index (κ3) is 9.02. The predicted molar refractivity (Wildman–Crippen MR) is 210 cm³/mol. The Morgan fingerprint density at radius 3 is 2.45 bits per heavy atom. The number of likely N-dealkylation sites (N-methyl/N-ethyl adjacent to an activating group) is 1. The number of Topliss-reactive ketones (excluding diaryl/α,β-unsaturated/α-hetero) is 2. The summed E-state index contributed by atoms with van der Waals surface area (Å²) in [5.74, 6) is -5.10. The van der Waals surface area contributed by atoms with Crippen LogP contribution in [0.4, 0.5) is 4.79 Å². The molecule has 56 heavy (non-hydrogen) atoms. The molecule has 0 bridgehead atoms. The molecule has 0 saturated carbocycles. The smallest absolute Gasteiger partial charge is 0.408 e. The number of nitrogens with zero attached hydrogens (tertiary/aromatic N) is 2. The van der Waals surface area contributed by atoms with E-state index in [0.717, 1.165) is 16.5 Å². The molecule has 3 saturated heterocycles. The minimum absolute atomic E-state index is 0.0655. The van der Waals surface area contributed by atoms with E-state index in [-0.39, 0.29) is 31.0 Å². The number of alkyl carbamates (subject to hydrolysis) is 1. The van der Waals surface area contributed by atoms with Gasteiger partial charge in [0.2, 0.25) is 0 Å². The Morgan fingerprint density at radius 2 is 1.75 bits per heavy atom. The van der Waals surface area contributed by atoms with Gasteiger partial charge in [-0.1, -0.05) is 64.5 Å². The SMILES string of the molecule is CCC[C@H]1OC(=O)[C@H](C)C(=O)[C@H](C)[C@@H](O[C@@H]2O[C@H](C)C[C@H](N(C)C)[C@H]2O)[C@](C)(OC/C=C/c2cccc3ncccc23)C[C@@H](C)C(=O)[C@H](C)[C@@H]2NC(=O)O[C@]12C. The number of fused-ring (bicyclic) bond motifs is 2. The van der Waals surface area contributed by atoms with Gasteiger partial charge in [-0.05, 0) is 78.7 Å². The highest BCUT2D eigenvalue weighted by molar-refractivity contribution is 6.00. The van der Waals surface area contributed by atoms with Crippen molar-refractivity contribution in [1.82, 2.24) is 15.2 Å². The summed E-state index contributed by atoms with van der Waals surface area (Å²) in [6.45, 7) is 14.1. The largest absolute Gasteiger partial charge is 0.457 e. The zero-order valence-corrected chi connectivity index (χ0v) is 34.5. The van der Waals surface area contributed by atoms with E-state index in [2.05, 4.69) is 10.3 Å². The number of amides is 1. The summed E-state index contributed by atoms with van der Waals surface area (Å²) in [5, 5.41) is 15.4. The molecule has 0 radical (unpaired) electrons. The summed E-state index contributed by atoms with van der Waals surface area (Å²) in [6, 6.07) is 8.59. The highest BCUT2D eigenvalue weighted by Gasteiger charge is 2.57. The molecule has 2 N–H and O–H groups in total. The summed E-state index contributed by atoms with van der Waals surface area (Å²) in [5.41, 5.74) is -0.953. The molecule has 3 fully saturated rings. The number of rotatable bonds is 9. The fourth-order valence-corrected chi connectivity index (χ4v) is 8.93. The molecule has 13 atom stereocenters. The summed E-state index contributed by atoms with van der Waals surface area (Å²) in [6.07, 6.45) is 1.84. The fourth-order valence-electron chi connectivity index (χ4n) is 8.93. The lowest BCUT2D eigenvalue weighted by Crippen LogP contribution is -2.60. The quantitative estimate of drug-likeness (QED) is 0.243. The molecule has 2 aromatic rings. The van der Waals surface area contributed by atoms with E-state index in [1.807, 2.05) is 75.3 Å². The third-order valence-electron chi connectivity index (χ3n) is 12.1. The van der Waals surface area contributed by atoms with Crippen LogP contribution in [-0.2, 0) is 38.1 Å². The second-order valence-electron chi connectivity index (χ2n) is 16.7. The summed E-state index contributed by atoms with van der Waals surface area (Å²) in [4.78, 5) is 62.1. The van der Waals surface area contributed by atoms with Crippen LogP contribution in [0.5, 0.6) is 0 Å². The van der Waals surface area contributed by atoms with Crippen LogP contribution in [0.15, 0.2) is 42.6 Å². The van der Waals surface area contributed by atoms with Crippen LogP contribution >= 0.6 is 0 Å². The van der Waals surface area contributed by atoms with E-state index in [1.54, 1.807) is 40.8 Å². The second-order valence-corrected chi connectivity index (χ2v) is 16.7. The zero-order chi connectivity index (χ0) is 41.1. The second kappa shape index (κ2) is 17.8. The first-order valence-corrected chi connectivity index (χ1v) is 20.0. The maximum absolute atomic E-state index is 14.5. The van der Waals surface area contributed by atoms with Gasteiger partial charge in [0.25, 0.3) is 0 Å². The molecule has 13 heteroatoms. The lowest BCUT2D eigenvalue weighted by molar-refractivity contribution is -0.296. The van der Waals surface area contributed by atoms with Gasteiger partial charge in [-0.25, -0.2) is 4.79 Å². The fraction of sp³-hybridized carbons (Fsp3) is 0.651. The Labute approximate surface area is 330 Å². The molecular weight excluding hydrogens is 718 g/mol. The number of ketones is 2. The zero-order valence-electron chi connectivity index (χ0n) is 34.5. The molecule has 13 nitrogen and oxygen atoms in total. The van der Waals surface area contributed by atoms with Crippen molar-refractivity contribution in [1.29, 1.82) is 0 Å². The highest BCUT2D eigenvalue weighted by Crippen LogP contribution is 2.40. The Balaban J connectivity index is 1.58. The normalized spacial score (nSPS) is 37.6. The van der Waals surface area contributed by atoms with Crippen LogP contribution < -0.4 is 5.32 Å². The first-order chi connectivity index (χ1) is 26.4. The Morgan fingerprint density at radius 1 is 1.02 bits per heavy atom. The number of aliphatic hydroxyl groups is 1. The van der Waals surface area contributed by atoms with E-state index < -0.39 is 83.4 Å².